The number of benzene rings is 1. The number of halogens is 3. The van der Waals surface area contributed by atoms with E-state index in [0.29, 0.717) is 11.1 Å². The van der Waals surface area contributed by atoms with Crippen molar-refractivity contribution in [2.24, 2.45) is 0 Å². The van der Waals surface area contributed by atoms with Crippen LogP contribution in [0.4, 0.5) is 4.39 Å². The first-order valence-electron chi connectivity index (χ1n) is 4.40. The summed E-state index contributed by atoms with van der Waals surface area (Å²) in [6.45, 7) is 3.00. The largest absolute Gasteiger partial charge is 0.478 e. The second-order valence-corrected chi connectivity index (χ2v) is 4.12. The molecule has 0 unspecified atom stereocenters. The Labute approximate surface area is 102 Å². The number of rotatable bonds is 2. The van der Waals surface area contributed by atoms with Gasteiger partial charge in [-0.05, 0) is 37.1 Å². The van der Waals surface area contributed by atoms with Gasteiger partial charge in [0.25, 0.3) is 0 Å². The molecule has 0 spiro atoms. The molecule has 0 saturated heterocycles. The van der Waals surface area contributed by atoms with Crippen molar-refractivity contribution in [3.63, 3.8) is 0 Å². The van der Waals surface area contributed by atoms with E-state index < -0.39 is 11.8 Å². The van der Waals surface area contributed by atoms with Gasteiger partial charge in [0, 0.05) is 10.6 Å². The molecule has 1 N–H and O–H groups in total. The lowest BCUT2D eigenvalue weighted by Gasteiger charge is -2.08. The van der Waals surface area contributed by atoms with Crippen LogP contribution in [0.1, 0.15) is 19.4 Å². The van der Waals surface area contributed by atoms with Crippen molar-refractivity contribution in [1.29, 1.82) is 0 Å². The molecule has 0 atom stereocenters. The second-order valence-electron chi connectivity index (χ2n) is 3.30. The lowest BCUT2D eigenvalue weighted by molar-refractivity contribution is -0.132. The van der Waals surface area contributed by atoms with Gasteiger partial charge in [-0.15, -0.1) is 0 Å². The molecule has 1 aromatic carbocycles. The third-order valence-corrected chi connectivity index (χ3v) is 2.90. The highest BCUT2D eigenvalue weighted by atomic mass is 35.5. The zero-order valence-corrected chi connectivity index (χ0v) is 10.2. The maximum Gasteiger partial charge on any atom is 0.331 e. The molecule has 2 nitrogen and oxygen atoms in total. The summed E-state index contributed by atoms with van der Waals surface area (Å²) >= 11 is 11.4. The SMILES string of the molecule is CC(C(=O)O)=C(C)c1cc(F)c(Cl)cc1Cl. The zero-order chi connectivity index (χ0) is 12.5. The van der Waals surface area contributed by atoms with Gasteiger partial charge in [0.05, 0.1) is 5.02 Å². The minimum atomic E-state index is -1.07. The Morgan fingerprint density at radius 1 is 1.25 bits per heavy atom. The van der Waals surface area contributed by atoms with Crippen LogP contribution in [0.3, 0.4) is 0 Å². The summed E-state index contributed by atoms with van der Waals surface area (Å²) in [5.41, 5.74) is 0.861. The molecule has 0 aliphatic heterocycles. The molecule has 0 fully saturated rings. The minimum Gasteiger partial charge on any atom is -0.478 e. The molecule has 0 aliphatic rings. The highest BCUT2D eigenvalue weighted by molar-refractivity contribution is 6.35. The van der Waals surface area contributed by atoms with Crippen LogP contribution in [0.15, 0.2) is 17.7 Å². The van der Waals surface area contributed by atoms with Crippen LogP contribution in [0.5, 0.6) is 0 Å². The number of hydrogen-bond donors (Lipinski definition) is 1. The molecule has 0 bridgehead atoms. The van der Waals surface area contributed by atoms with Crippen LogP contribution in [0.2, 0.25) is 10.0 Å². The second kappa shape index (κ2) is 4.85. The third kappa shape index (κ3) is 2.54. The van der Waals surface area contributed by atoms with Gasteiger partial charge in [-0.1, -0.05) is 23.2 Å². The Kier molecular flexibility index (Phi) is 3.94. The van der Waals surface area contributed by atoms with Crippen LogP contribution < -0.4 is 0 Å². The van der Waals surface area contributed by atoms with E-state index in [9.17, 15) is 9.18 Å². The summed E-state index contributed by atoms with van der Waals surface area (Å²) in [7, 11) is 0. The van der Waals surface area contributed by atoms with Crippen molar-refractivity contribution in [2.75, 3.05) is 0 Å². The van der Waals surface area contributed by atoms with Crippen molar-refractivity contribution >= 4 is 34.7 Å². The van der Waals surface area contributed by atoms with Gasteiger partial charge < -0.3 is 5.11 Å². The van der Waals surface area contributed by atoms with E-state index in [1.54, 1.807) is 6.92 Å². The lowest BCUT2D eigenvalue weighted by Crippen LogP contribution is -2.00. The van der Waals surface area contributed by atoms with E-state index in [2.05, 4.69) is 0 Å². The van der Waals surface area contributed by atoms with E-state index >= 15 is 0 Å². The third-order valence-electron chi connectivity index (χ3n) is 2.30. The van der Waals surface area contributed by atoms with E-state index in [4.69, 9.17) is 28.3 Å². The van der Waals surface area contributed by atoms with Gasteiger partial charge in [-0.2, -0.15) is 0 Å². The Morgan fingerprint density at radius 3 is 2.31 bits per heavy atom. The topological polar surface area (TPSA) is 37.3 Å². The first-order chi connectivity index (χ1) is 7.34. The van der Waals surface area contributed by atoms with E-state index in [1.807, 2.05) is 0 Å². The van der Waals surface area contributed by atoms with Gasteiger partial charge in [0.15, 0.2) is 0 Å². The van der Waals surface area contributed by atoms with Crippen molar-refractivity contribution in [3.8, 4) is 0 Å². The number of allylic oxidation sites excluding steroid dienone is 1. The highest BCUT2D eigenvalue weighted by Gasteiger charge is 2.13. The van der Waals surface area contributed by atoms with Crippen LogP contribution in [-0.2, 0) is 4.79 Å². The number of carboxylic acids is 1. The average Bonchev–Trinajstić information content (AvgIpc) is 2.21. The molecule has 0 aliphatic carbocycles. The first kappa shape index (κ1) is 13.0. The fourth-order valence-corrected chi connectivity index (χ4v) is 1.70. The maximum absolute atomic E-state index is 13.2. The molecule has 0 heterocycles. The molecule has 1 aromatic rings. The molecule has 86 valence electrons. The average molecular weight is 263 g/mol. The number of hydrogen-bond acceptors (Lipinski definition) is 1. The molecule has 5 heteroatoms. The zero-order valence-electron chi connectivity index (χ0n) is 8.64. The normalized spacial score (nSPS) is 12.3. The minimum absolute atomic E-state index is 0.0884. The summed E-state index contributed by atoms with van der Waals surface area (Å²) in [4.78, 5) is 10.8. The van der Waals surface area contributed by atoms with Crippen LogP contribution in [0, 0.1) is 5.82 Å². The molecular formula is C11H9Cl2FO2. The highest BCUT2D eigenvalue weighted by Crippen LogP contribution is 2.30. The van der Waals surface area contributed by atoms with E-state index in [0.717, 1.165) is 6.07 Å². The summed E-state index contributed by atoms with van der Waals surface area (Å²) < 4.78 is 13.2. The molecule has 1 rings (SSSR count). The standard InChI is InChI=1S/C11H9Cl2FO2/c1-5(6(2)11(15)16)7-3-10(14)9(13)4-8(7)12/h3-4H,1-2H3,(H,15,16). The maximum atomic E-state index is 13.2. The Bertz CT molecular complexity index is 481. The van der Waals surface area contributed by atoms with Crippen molar-refractivity contribution in [2.45, 2.75) is 13.8 Å². The van der Waals surface area contributed by atoms with Gasteiger partial charge in [0.1, 0.15) is 5.82 Å². The summed E-state index contributed by atoms with van der Waals surface area (Å²) in [6.07, 6.45) is 0. The Balaban J connectivity index is 3.40. The number of carbonyl (C=O) groups is 1. The fourth-order valence-electron chi connectivity index (χ4n) is 1.17. The molecule has 0 amide bonds. The molecule has 16 heavy (non-hydrogen) atoms. The van der Waals surface area contributed by atoms with Crippen LogP contribution in [0.25, 0.3) is 5.57 Å². The number of aliphatic carboxylic acids is 1. The van der Waals surface area contributed by atoms with Gasteiger partial charge in [-0.25, -0.2) is 9.18 Å². The summed E-state index contributed by atoms with van der Waals surface area (Å²) in [6, 6.07) is 2.39. The quantitative estimate of drug-likeness (QED) is 0.646. The van der Waals surface area contributed by atoms with Crippen LogP contribution >= 0.6 is 23.2 Å². The van der Waals surface area contributed by atoms with Crippen LogP contribution in [-0.4, -0.2) is 11.1 Å². The predicted octanol–water partition coefficient (Wildman–Crippen LogP) is 4.01. The molecule has 0 radical (unpaired) electrons. The fraction of sp³-hybridized carbons (Fsp3) is 0.182. The molecule has 0 saturated carbocycles. The van der Waals surface area contributed by atoms with E-state index in [-0.39, 0.29) is 15.6 Å². The van der Waals surface area contributed by atoms with E-state index in [1.165, 1.54) is 13.0 Å². The Hall–Kier alpha value is -1.06. The summed E-state index contributed by atoms with van der Waals surface area (Å²) in [5.74, 6) is -1.69. The predicted molar refractivity (Wildman–Crippen MR) is 62.3 cm³/mol. The van der Waals surface area contributed by atoms with Gasteiger partial charge in [0.2, 0.25) is 0 Å². The first-order valence-corrected chi connectivity index (χ1v) is 5.16. The smallest absolute Gasteiger partial charge is 0.331 e. The number of carboxylic acid groups (broad SMARTS) is 1. The van der Waals surface area contributed by atoms with Gasteiger partial charge >= 0.3 is 5.97 Å². The van der Waals surface area contributed by atoms with Crippen molar-refractivity contribution in [3.05, 3.63) is 39.1 Å². The molecule has 0 aromatic heterocycles. The van der Waals surface area contributed by atoms with Gasteiger partial charge in [-0.3, -0.25) is 0 Å². The molecular weight excluding hydrogens is 254 g/mol. The van der Waals surface area contributed by atoms with Crippen molar-refractivity contribution in [1.82, 2.24) is 0 Å². The monoisotopic (exact) mass is 262 g/mol. The summed E-state index contributed by atoms with van der Waals surface area (Å²) in [5, 5.41) is 8.95. The van der Waals surface area contributed by atoms with Crippen molar-refractivity contribution < 1.29 is 14.3 Å². The lowest BCUT2D eigenvalue weighted by atomic mass is 10.0. The Morgan fingerprint density at radius 2 is 1.81 bits per heavy atom.